The third kappa shape index (κ3) is 2.20. The second-order valence-corrected chi connectivity index (χ2v) is 3.20. The van der Waals surface area contributed by atoms with Gasteiger partial charge in [-0.2, -0.15) is 0 Å². The molecule has 2 nitrogen and oxygen atoms in total. The van der Waals surface area contributed by atoms with E-state index in [4.69, 9.17) is 5.11 Å². The van der Waals surface area contributed by atoms with Crippen LogP contribution in [0.5, 0.6) is 5.75 Å². The first-order valence-corrected chi connectivity index (χ1v) is 4.26. The number of alkyl halides is 2. The molecular weight excluding hydrogens is 190 g/mol. The zero-order valence-electron chi connectivity index (χ0n) is 7.80. The summed E-state index contributed by atoms with van der Waals surface area (Å²) in [6.45, 7) is 1.09. The predicted molar refractivity (Wildman–Crippen MR) is 48.4 cm³/mol. The minimum absolute atomic E-state index is 0.427. The van der Waals surface area contributed by atoms with Crippen molar-refractivity contribution in [3.63, 3.8) is 0 Å². The molecule has 0 fully saturated rings. The van der Waals surface area contributed by atoms with Gasteiger partial charge in [-0.25, -0.2) is 8.78 Å². The number of aliphatic hydroxyl groups is 1. The number of rotatable bonds is 3. The van der Waals surface area contributed by atoms with Crippen LogP contribution in [0.2, 0.25) is 0 Å². The monoisotopic (exact) mass is 202 g/mol. The van der Waals surface area contributed by atoms with E-state index >= 15 is 0 Å². The molecule has 0 saturated heterocycles. The molecule has 0 atom stereocenters. The molecule has 0 aliphatic rings. The van der Waals surface area contributed by atoms with Crippen molar-refractivity contribution in [1.29, 1.82) is 0 Å². The number of aryl methyl sites for hydroxylation is 1. The van der Waals surface area contributed by atoms with Crippen LogP contribution < -0.4 is 0 Å². The summed E-state index contributed by atoms with van der Waals surface area (Å²) >= 11 is 0. The van der Waals surface area contributed by atoms with Crippen molar-refractivity contribution in [2.75, 3.05) is 6.61 Å². The molecule has 2 N–H and O–H groups in total. The van der Waals surface area contributed by atoms with Gasteiger partial charge in [0.2, 0.25) is 0 Å². The number of aromatic hydroxyl groups is 1. The Hall–Kier alpha value is -1.16. The average Bonchev–Trinajstić information content (AvgIpc) is 2.02. The number of aliphatic hydroxyl groups excluding tert-OH is 1. The summed E-state index contributed by atoms with van der Waals surface area (Å²) in [5.41, 5.74) is 0.281. The van der Waals surface area contributed by atoms with Crippen LogP contribution in [0.1, 0.15) is 17.5 Å². The van der Waals surface area contributed by atoms with Crippen LogP contribution >= 0.6 is 0 Å². The van der Waals surface area contributed by atoms with E-state index in [-0.39, 0.29) is 0 Å². The van der Waals surface area contributed by atoms with Gasteiger partial charge in [-0.05, 0) is 24.6 Å². The van der Waals surface area contributed by atoms with Crippen LogP contribution in [0, 0.1) is 6.92 Å². The molecule has 14 heavy (non-hydrogen) atoms. The minimum Gasteiger partial charge on any atom is -0.507 e. The van der Waals surface area contributed by atoms with Crippen molar-refractivity contribution in [3.05, 3.63) is 29.3 Å². The molecule has 0 unspecified atom stereocenters. The molecule has 0 bridgehead atoms. The normalized spacial score (nSPS) is 11.7. The molecule has 0 aliphatic heterocycles. The van der Waals surface area contributed by atoms with Crippen molar-refractivity contribution in [2.24, 2.45) is 0 Å². The largest absolute Gasteiger partial charge is 0.507 e. The third-order valence-electron chi connectivity index (χ3n) is 1.97. The summed E-state index contributed by atoms with van der Waals surface area (Å²) in [6.07, 6.45) is -0.677. The number of halogens is 2. The van der Waals surface area contributed by atoms with Gasteiger partial charge in [0.25, 0.3) is 5.92 Å². The molecule has 0 spiro atoms. The SMILES string of the molecule is Cc1ccc(C(F)(F)CCO)c(O)c1. The maximum Gasteiger partial charge on any atom is 0.278 e. The van der Waals surface area contributed by atoms with Gasteiger partial charge in [0.05, 0.1) is 5.56 Å². The lowest BCUT2D eigenvalue weighted by atomic mass is 10.0. The van der Waals surface area contributed by atoms with Gasteiger partial charge in [-0.15, -0.1) is 0 Å². The number of benzene rings is 1. The Balaban J connectivity index is 3.06. The van der Waals surface area contributed by atoms with E-state index in [2.05, 4.69) is 0 Å². The molecule has 0 amide bonds. The van der Waals surface area contributed by atoms with Crippen LogP contribution in [0.25, 0.3) is 0 Å². The number of phenols is 1. The number of phenolic OH excluding ortho intramolecular Hbond substituents is 1. The fraction of sp³-hybridized carbons (Fsp3) is 0.400. The summed E-state index contributed by atoms with van der Waals surface area (Å²) in [5.74, 6) is -3.60. The Labute approximate surface area is 80.8 Å². The highest BCUT2D eigenvalue weighted by atomic mass is 19.3. The first-order chi connectivity index (χ1) is 6.47. The van der Waals surface area contributed by atoms with E-state index < -0.39 is 30.3 Å². The average molecular weight is 202 g/mol. The molecule has 0 aliphatic carbocycles. The van der Waals surface area contributed by atoms with Crippen LogP contribution in [0.4, 0.5) is 8.78 Å². The predicted octanol–water partition coefficient (Wildman–Crippen LogP) is 2.17. The lowest BCUT2D eigenvalue weighted by Gasteiger charge is -2.16. The highest BCUT2D eigenvalue weighted by molar-refractivity contribution is 5.38. The maximum absolute atomic E-state index is 13.2. The van der Waals surface area contributed by atoms with Crippen LogP contribution in [-0.2, 0) is 5.92 Å². The molecule has 1 aromatic carbocycles. The standard InChI is InChI=1S/C10H12F2O2/c1-7-2-3-8(9(14)6-7)10(11,12)4-5-13/h2-3,6,13-14H,4-5H2,1H3. The second kappa shape index (κ2) is 3.92. The molecule has 1 rings (SSSR count). The van der Waals surface area contributed by atoms with E-state index in [1.165, 1.54) is 18.2 Å². The second-order valence-electron chi connectivity index (χ2n) is 3.20. The minimum atomic E-state index is -3.17. The molecule has 0 saturated carbocycles. The van der Waals surface area contributed by atoms with Gasteiger partial charge in [0, 0.05) is 13.0 Å². The van der Waals surface area contributed by atoms with Crippen molar-refractivity contribution in [2.45, 2.75) is 19.3 Å². The Bertz CT molecular complexity index is 324. The van der Waals surface area contributed by atoms with E-state index in [9.17, 15) is 13.9 Å². The molecule has 0 radical (unpaired) electrons. The molecule has 1 aromatic rings. The number of hydrogen-bond acceptors (Lipinski definition) is 2. The summed E-state index contributed by atoms with van der Waals surface area (Å²) in [6, 6.07) is 3.96. The lowest BCUT2D eigenvalue weighted by Crippen LogP contribution is -2.15. The Kier molecular flexibility index (Phi) is 3.06. The molecular formula is C10H12F2O2. The first-order valence-electron chi connectivity index (χ1n) is 4.26. The van der Waals surface area contributed by atoms with Crippen LogP contribution in [0.15, 0.2) is 18.2 Å². The quantitative estimate of drug-likeness (QED) is 0.788. The van der Waals surface area contributed by atoms with Crippen molar-refractivity contribution >= 4 is 0 Å². The van der Waals surface area contributed by atoms with Gasteiger partial charge in [-0.1, -0.05) is 6.07 Å². The Morgan fingerprint density at radius 1 is 1.36 bits per heavy atom. The lowest BCUT2D eigenvalue weighted by molar-refractivity contribution is -0.0287. The number of hydrogen-bond donors (Lipinski definition) is 2. The smallest absolute Gasteiger partial charge is 0.278 e. The van der Waals surface area contributed by atoms with Crippen LogP contribution in [0.3, 0.4) is 0 Å². The van der Waals surface area contributed by atoms with E-state index in [1.807, 2.05) is 0 Å². The first kappa shape index (κ1) is 10.9. The Morgan fingerprint density at radius 3 is 2.50 bits per heavy atom. The summed E-state index contributed by atoms with van der Waals surface area (Å²) < 4.78 is 26.5. The van der Waals surface area contributed by atoms with E-state index in [0.29, 0.717) is 5.56 Å². The highest BCUT2D eigenvalue weighted by Crippen LogP contribution is 2.37. The summed E-state index contributed by atoms with van der Waals surface area (Å²) in [4.78, 5) is 0. The van der Waals surface area contributed by atoms with Crippen molar-refractivity contribution in [3.8, 4) is 5.75 Å². The zero-order valence-corrected chi connectivity index (χ0v) is 7.80. The fourth-order valence-corrected chi connectivity index (χ4v) is 1.23. The van der Waals surface area contributed by atoms with E-state index in [1.54, 1.807) is 6.92 Å². The fourth-order valence-electron chi connectivity index (χ4n) is 1.23. The summed E-state index contributed by atoms with van der Waals surface area (Å²) in [5, 5.41) is 17.7. The van der Waals surface area contributed by atoms with Gasteiger partial charge in [0.15, 0.2) is 0 Å². The molecule has 0 aromatic heterocycles. The molecule has 0 heterocycles. The topological polar surface area (TPSA) is 40.5 Å². The van der Waals surface area contributed by atoms with Gasteiger partial charge < -0.3 is 10.2 Å². The third-order valence-corrected chi connectivity index (χ3v) is 1.97. The molecule has 78 valence electrons. The zero-order chi connectivity index (χ0) is 10.8. The summed E-state index contributed by atoms with van der Waals surface area (Å²) in [7, 11) is 0. The highest BCUT2D eigenvalue weighted by Gasteiger charge is 2.33. The van der Waals surface area contributed by atoms with Gasteiger partial charge >= 0.3 is 0 Å². The van der Waals surface area contributed by atoms with Crippen molar-refractivity contribution in [1.82, 2.24) is 0 Å². The van der Waals surface area contributed by atoms with E-state index in [0.717, 1.165) is 0 Å². The Morgan fingerprint density at radius 2 is 2.00 bits per heavy atom. The van der Waals surface area contributed by atoms with Crippen molar-refractivity contribution < 1.29 is 19.0 Å². The maximum atomic E-state index is 13.2. The van der Waals surface area contributed by atoms with Crippen LogP contribution in [-0.4, -0.2) is 16.8 Å². The van der Waals surface area contributed by atoms with Gasteiger partial charge in [0.1, 0.15) is 5.75 Å². The molecule has 4 heteroatoms. The van der Waals surface area contributed by atoms with Gasteiger partial charge in [-0.3, -0.25) is 0 Å².